The second-order valence-electron chi connectivity index (χ2n) is 9.25. The Labute approximate surface area is 214 Å². The van der Waals surface area contributed by atoms with Gasteiger partial charge in [-0.15, -0.1) is 0 Å². The van der Waals surface area contributed by atoms with Crippen molar-refractivity contribution in [1.29, 1.82) is 0 Å². The summed E-state index contributed by atoms with van der Waals surface area (Å²) in [5.74, 6) is 1.19. The Morgan fingerprint density at radius 3 is 2.50 bits per heavy atom. The summed E-state index contributed by atoms with van der Waals surface area (Å²) in [6.07, 6.45) is 0. The molecule has 1 atom stereocenters. The molecule has 0 N–H and O–H groups in total. The predicted molar refractivity (Wildman–Crippen MR) is 139 cm³/mol. The van der Waals surface area contributed by atoms with E-state index in [-0.39, 0.29) is 17.1 Å². The van der Waals surface area contributed by atoms with E-state index in [0.29, 0.717) is 52.1 Å². The van der Waals surface area contributed by atoms with Crippen LogP contribution in [0.15, 0.2) is 75.9 Å². The maximum atomic E-state index is 13.7. The van der Waals surface area contributed by atoms with Crippen LogP contribution in [0, 0.1) is 5.92 Å². The number of carbonyl (C=O) groups excluding carboxylic acids is 1. The van der Waals surface area contributed by atoms with Crippen molar-refractivity contribution in [3.63, 3.8) is 0 Å². The summed E-state index contributed by atoms with van der Waals surface area (Å²) in [4.78, 5) is 29.1. The van der Waals surface area contributed by atoms with Gasteiger partial charge in [0.1, 0.15) is 5.58 Å². The first-order valence-electron chi connectivity index (χ1n) is 11.8. The van der Waals surface area contributed by atoms with Crippen molar-refractivity contribution in [2.75, 3.05) is 13.7 Å². The fourth-order valence-electron chi connectivity index (χ4n) is 4.51. The number of hydrogen-bond acceptors (Lipinski definition) is 5. The lowest BCUT2D eigenvalue weighted by Gasteiger charge is -2.26. The quantitative estimate of drug-likeness (QED) is 0.299. The number of halogens is 1. The number of rotatable bonds is 7. The van der Waals surface area contributed by atoms with Crippen molar-refractivity contribution in [2.24, 2.45) is 5.92 Å². The third-order valence-electron chi connectivity index (χ3n) is 6.20. The number of benzene rings is 3. The summed E-state index contributed by atoms with van der Waals surface area (Å²) in [6.45, 7) is 4.98. The van der Waals surface area contributed by atoms with E-state index in [1.54, 1.807) is 30.2 Å². The first-order chi connectivity index (χ1) is 17.4. The molecule has 0 aliphatic carbocycles. The smallest absolute Gasteiger partial charge is 0.291 e. The molecule has 1 aliphatic heterocycles. The third kappa shape index (κ3) is 4.33. The highest BCUT2D eigenvalue weighted by Gasteiger charge is 2.43. The maximum Gasteiger partial charge on any atom is 0.291 e. The van der Waals surface area contributed by atoms with E-state index in [1.165, 1.54) is 0 Å². The molecular formula is C29H26ClNO5. The minimum Gasteiger partial charge on any atom is -0.493 e. The van der Waals surface area contributed by atoms with Crippen LogP contribution in [0.5, 0.6) is 11.5 Å². The molecule has 6 nitrogen and oxygen atoms in total. The van der Waals surface area contributed by atoms with E-state index in [2.05, 4.69) is 13.8 Å². The predicted octanol–water partition coefficient (Wildman–Crippen LogP) is 6.24. The van der Waals surface area contributed by atoms with Crippen LogP contribution in [0.4, 0.5) is 0 Å². The van der Waals surface area contributed by atoms with Gasteiger partial charge in [-0.2, -0.15) is 0 Å². The SMILES string of the molecule is COc1cc(C2c3c(oc4ccc(Cl)cc4c3=O)C(=O)N2Cc2ccccc2)ccc1OCC(C)C. The van der Waals surface area contributed by atoms with Gasteiger partial charge in [-0.3, -0.25) is 9.59 Å². The molecule has 1 amide bonds. The maximum absolute atomic E-state index is 13.7. The molecule has 7 heteroatoms. The fourth-order valence-corrected chi connectivity index (χ4v) is 4.68. The standard InChI is InChI=1S/C29H26ClNO5/c1-17(2)16-35-23-11-9-19(13-24(23)34-3)26-25-27(32)21-14-20(30)10-12-22(21)36-28(25)29(33)31(26)15-18-7-5-4-6-8-18/h4-14,17,26H,15-16H2,1-3H3. The Morgan fingerprint density at radius 2 is 1.78 bits per heavy atom. The zero-order chi connectivity index (χ0) is 25.4. The molecule has 1 aromatic heterocycles. The number of hydrogen-bond donors (Lipinski definition) is 0. The highest BCUT2D eigenvalue weighted by Crippen LogP contribution is 2.42. The second-order valence-corrected chi connectivity index (χ2v) is 9.69. The number of nitrogens with zero attached hydrogens (tertiary/aromatic N) is 1. The molecule has 1 aliphatic rings. The molecular weight excluding hydrogens is 478 g/mol. The van der Waals surface area contributed by atoms with Gasteiger partial charge in [-0.05, 0) is 47.4 Å². The lowest BCUT2D eigenvalue weighted by molar-refractivity contribution is 0.0714. The number of amides is 1. The van der Waals surface area contributed by atoms with Crippen molar-refractivity contribution >= 4 is 28.5 Å². The van der Waals surface area contributed by atoms with Crippen molar-refractivity contribution in [1.82, 2.24) is 4.90 Å². The van der Waals surface area contributed by atoms with Crippen LogP contribution in [-0.2, 0) is 6.54 Å². The Morgan fingerprint density at radius 1 is 1.00 bits per heavy atom. The van der Waals surface area contributed by atoms with Crippen LogP contribution in [0.3, 0.4) is 0 Å². The lowest BCUT2D eigenvalue weighted by Crippen LogP contribution is -2.29. The molecule has 5 rings (SSSR count). The summed E-state index contributed by atoms with van der Waals surface area (Å²) < 4.78 is 17.5. The topological polar surface area (TPSA) is 69.0 Å². The zero-order valence-corrected chi connectivity index (χ0v) is 21.0. The first kappa shape index (κ1) is 23.9. The Kier molecular flexibility index (Phi) is 6.46. The molecule has 0 saturated heterocycles. The van der Waals surface area contributed by atoms with Gasteiger partial charge in [0.05, 0.1) is 30.7 Å². The fraction of sp³-hybridized carbons (Fsp3) is 0.241. The molecule has 0 saturated carbocycles. The van der Waals surface area contributed by atoms with Gasteiger partial charge < -0.3 is 18.8 Å². The zero-order valence-electron chi connectivity index (χ0n) is 20.3. The minimum absolute atomic E-state index is 0.0508. The number of carbonyl (C=O) groups is 1. The molecule has 0 spiro atoms. The van der Waals surface area contributed by atoms with Crippen molar-refractivity contribution < 1.29 is 18.7 Å². The summed E-state index contributed by atoms with van der Waals surface area (Å²) in [6, 6.07) is 19.3. The van der Waals surface area contributed by atoms with Crippen LogP contribution >= 0.6 is 11.6 Å². The Bertz CT molecular complexity index is 1500. The summed E-state index contributed by atoms with van der Waals surface area (Å²) in [7, 11) is 1.57. The number of fused-ring (bicyclic) bond motifs is 2. The molecule has 2 heterocycles. The van der Waals surface area contributed by atoms with E-state index in [9.17, 15) is 9.59 Å². The van der Waals surface area contributed by atoms with Crippen molar-refractivity contribution in [2.45, 2.75) is 26.4 Å². The molecule has 0 radical (unpaired) electrons. The van der Waals surface area contributed by atoms with Crippen LogP contribution < -0.4 is 14.9 Å². The van der Waals surface area contributed by atoms with Gasteiger partial charge in [-0.1, -0.05) is 61.8 Å². The van der Waals surface area contributed by atoms with Crippen molar-refractivity contribution in [3.8, 4) is 11.5 Å². The van der Waals surface area contributed by atoms with Gasteiger partial charge in [0.15, 0.2) is 16.9 Å². The average molecular weight is 504 g/mol. The van der Waals surface area contributed by atoms with Crippen molar-refractivity contribution in [3.05, 3.63) is 104 Å². The third-order valence-corrected chi connectivity index (χ3v) is 6.43. The summed E-state index contributed by atoms with van der Waals surface area (Å²) >= 11 is 6.18. The largest absolute Gasteiger partial charge is 0.493 e. The molecule has 4 aromatic rings. The van der Waals surface area contributed by atoms with Gasteiger partial charge in [0.25, 0.3) is 5.91 Å². The molecule has 36 heavy (non-hydrogen) atoms. The lowest BCUT2D eigenvalue weighted by atomic mass is 9.97. The molecule has 1 unspecified atom stereocenters. The Hall–Kier alpha value is -3.77. The molecule has 184 valence electrons. The summed E-state index contributed by atoms with van der Waals surface area (Å²) in [5.41, 5.74) is 2.00. The highest BCUT2D eigenvalue weighted by molar-refractivity contribution is 6.31. The van der Waals surface area contributed by atoms with E-state index < -0.39 is 6.04 Å². The van der Waals surface area contributed by atoms with E-state index in [1.807, 2.05) is 48.5 Å². The minimum atomic E-state index is -0.666. The van der Waals surface area contributed by atoms with Crippen LogP contribution in [0.1, 0.15) is 47.1 Å². The van der Waals surface area contributed by atoms with Crippen LogP contribution in [-0.4, -0.2) is 24.5 Å². The number of methoxy groups -OCH3 is 1. The summed E-state index contributed by atoms with van der Waals surface area (Å²) in [5, 5.41) is 0.759. The van der Waals surface area contributed by atoms with E-state index >= 15 is 0 Å². The monoisotopic (exact) mass is 503 g/mol. The number of ether oxygens (including phenoxy) is 2. The van der Waals surface area contributed by atoms with Crippen LogP contribution in [0.25, 0.3) is 11.0 Å². The van der Waals surface area contributed by atoms with Crippen LogP contribution in [0.2, 0.25) is 5.02 Å². The normalized spacial score (nSPS) is 15.0. The van der Waals surface area contributed by atoms with Gasteiger partial charge >= 0.3 is 0 Å². The molecule has 0 fully saturated rings. The molecule has 3 aromatic carbocycles. The second kappa shape index (κ2) is 9.70. The van der Waals surface area contributed by atoms with Gasteiger partial charge in [0, 0.05) is 11.6 Å². The van der Waals surface area contributed by atoms with E-state index in [4.69, 9.17) is 25.5 Å². The average Bonchev–Trinajstić information content (AvgIpc) is 3.15. The Balaban J connectivity index is 1.67. The van der Waals surface area contributed by atoms with E-state index in [0.717, 1.165) is 11.1 Å². The highest BCUT2D eigenvalue weighted by atomic mass is 35.5. The van der Waals surface area contributed by atoms with Gasteiger partial charge in [0.2, 0.25) is 5.76 Å². The first-order valence-corrected chi connectivity index (χ1v) is 12.2. The van der Waals surface area contributed by atoms with Gasteiger partial charge in [-0.25, -0.2) is 0 Å². The molecule has 0 bridgehead atoms.